The summed E-state index contributed by atoms with van der Waals surface area (Å²) in [6, 6.07) is -0.0355. The van der Waals surface area contributed by atoms with E-state index in [1.165, 1.54) is 0 Å². The minimum absolute atomic E-state index is 0.0355. The maximum absolute atomic E-state index is 11.4. The van der Waals surface area contributed by atoms with Crippen molar-refractivity contribution in [3.63, 3.8) is 0 Å². The van der Waals surface area contributed by atoms with Crippen LogP contribution in [0.15, 0.2) is 0 Å². The van der Waals surface area contributed by atoms with E-state index in [1.54, 1.807) is 0 Å². The first-order valence-electron chi connectivity index (χ1n) is 6.94. The lowest BCUT2D eigenvalue weighted by molar-refractivity contribution is -0.0432. The van der Waals surface area contributed by atoms with Crippen LogP contribution in [0.3, 0.4) is 0 Å². The number of likely N-dealkylation sites (N-methyl/N-ethyl adjacent to an activating group) is 1. The Morgan fingerprint density at radius 1 is 1.40 bits per heavy atom. The average molecular weight is 370 g/mol. The van der Waals surface area contributed by atoms with E-state index in [0.29, 0.717) is 6.42 Å². The van der Waals surface area contributed by atoms with Crippen LogP contribution in [0, 0.1) is 0 Å². The number of ether oxygens (including phenoxy) is 2. The van der Waals surface area contributed by atoms with E-state index in [-0.39, 0.29) is 34.9 Å². The van der Waals surface area contributed by atoms with Crippen LogP contribution in [0.4, 0.5) is 0 Å². The molecular weight excluding hydrogens is 346 g/mol. The molecule has 2 aliphatic heterocycles. The van der Waals surface area contributed by atoms with Crippen molar-refractivity contribution in [1.29, 1.82) is 0 Å². The molecule has 0 aromatic rings. The smallest absolute Gasteiger partial charge is 0.145 e. The van der Waals surface area contributed by atoms with E-state index in [9.17, 15) is 8.42 Å². The molecule has 6 atom stereocenters. The topological polar surface area (TPSA) is 55.8 Å². The summed E-state index contributed by atoms with van der Waals surface area (Å²) in [4.78, 5) is 2.18. The van der Waals surface area contributed by atoms with E-state index in [1.807, 2.05) is 14.0 Å². The normalized spacial score (nSPS) is 38.9. The van der Waals surface area contributed by atoms with Crippen molar-refractivity contribution < 1.29 is 17.9 Å². The molecule has 0 spiro atoms. The molecule has 0 aromatic heterocycles. The molecule has 118 valence electrons. The standard InChI is InChI=1S/C13H24BrNO4S/c1-7(14)18-11-8-6-9(20(16)17)12(19-8)10(11)15(5)13(2,3)4/h7-12,20H,6H2,1-5H3. The number of hydrogen-bond acceptors (Lipinski definition) is 5. The van der Waals surface area contributed by atoms with Crippen molar-refractivity contribution >= 4 is 26.6 Å². The van der Waals surface area contributed by atoms with Gasteiger partial charge >= 0.3 is 0 Å². The SMILES string of the molecule is CC(Br)OC1C2CC([SH](=O)=O)C(O2)C1N(C)C(C)(C)C. The predicted molar refractivity (Wildman–Crippen MR) is 81.9 cm³/mol. The van der Waals surface area contributed by atoms with Gasteiger partial charge in [-0.25, -0.2) is 8.42 Å². The zero-order valence-corrected chi connectivity index (χ0v) is 15.1. The number of nitrogens with zero attached hydrogens (tertiary/aromatic N) is 1. The fourth-order valence-corrected chi connectivity index (χ4v) is 4.24. The number of halogens is 1. The third-order valence-corrected chi connectivity index (χ3v) is 5.61. The molecule has 0 saturated carbocycles. The van der Waals surface area contributed by atoms with E-state index in [4.69, 9.17) is 9.47 Å². The summed E-state index contributed by atoms with van der Waals surface area (Å²) in [6.07, 6.45) is 0.0292. The molecule has 20 heavy (non-hydrogen) atoms. The molecule has 0 aromatic carbocycles. The highest BCUT2D eigenvalue weighted by Gasteiger charge is 2.58. The van der Waals surface area contributed by atoms with Gasteiger partial charge in [0.05, 0.1) is 23.5 Å². The molecule has 7 heteroatoms. The zero-order chi connectivity index (χ0) is 15.2. The molecule has 0 amide bonds. The molecule has 2 heterocycles. The second-order valence-corrected chi connectivity index (χ2v) is 9.17. The highest BCUT2D eigenvalue weighted by atomic mass is 79.9. The van der Waals surface area contributed by atoms with Gasteiger partial charge in [-0.05, 0) is 41.2 Å². The van der Waals surface area contributed by atoms with Gasteiger partial charge in [0.15, 0.2) is 0 Å². The Labute approximate surface area is 131 Å². The van der Waals surface area contributed by atoms with Crippen LogP contribution >= 0.6 is 15.9 Å². The van der Waals surface area contributed by atoms with Gasteiger partial charge < -0.3 is 9.47 Å². The van der Waals surface area contributed by atoms with E-state index >= 15 is 0 Å². The van der Waals surface area contributed by atoms with Gasteiger partial charge in [-0.2, -0.15) is 0 Å². The first-order valence-corrected chi connectivity index (χ1v) is 9.10. The van der Waals surface area contributed by atoms with Crippen molar-refractivity contribution in [3.8, 4) is 0 Å². The molecule has 2 fully saturated rings. The van der Waals surface area contributed by atoms with Crippen LogP contribution in [0.2, 0.25) is 0 Å². The van der Waals surface area contributed by atoms with Crippen molar-refractivity contribution in [2.24, 2.45) is 0 Å². The fourth-order valence-electron chi connectivity index (χ4n) is 3.13. The van der Waals surface area contributed by atoms with Gasteiger partial charge in [-0.3, -0.25) is 4.90 Å². The highest BCUT2D eigenvalue weighted by Crippen LogP contribution is 2.42. The molecule has 2 aliphatic rings. The van der Waals surface area contributed by atoms with Crippen molar-refractivity contribution in [2.75, 3.05) is 7.05 Å². The first-order chi connectivity index (χ1) is 9.12. The van der Waals surface area contributed by atoms with E-state index in [2.05, 4.69) is 41.6 Å². The Bertz CT molecular complexity index is 427. The van der Waals surface area contributed by atoms with Gasteiger partial charge in [0.25, 0.3) is 0 Å². The molecule has 2 bridgehead atoms. The summed E-state index contributed by atoms with van der Waals surface area (Å²) < 4.78 is 34.7. The van der Waals surface area contributed by atoms with Crippen LogP contribution in [0.5, 0.6) is 0 Å². The molecule has 5 nitrogen and oxygen atoms in total. The molecular formula is C13H24BrNO4S. The lowest BCUT2D eigenvalue weighted by atomic mass is 9.88. The van der Waals surface area contributed by atoms with Crippen molar-refractivity contribution in [2.45, 2.75) is 74.3 Å². The van der Waals surface area contributed by atoms with Gasteiger partial charge in [-0.1, -0.05) is 15.9 Å². The first kappa shape index (κ1) is 16.7. The lowest BCUT2D eigenvalue weighted by Gasteiger charge is -2.43. The number of fused-ring (bicyclic) bond motifs is 2. The van der Waals surface area contributed by atoms with Crippen molar-refractivity contribution in [1.82, 2.24) is 4.90 Å². The van der Waals surface area contributed by atoms with Gasteiger partial charge in [0.2, 0.25) is 0 Å². The number of alkyl halides is 1. The fraction of sp³-hybridized carbons (Fsp3) is 1.00. The summed E-state index contributed by atoms with van der Waals surface area (Å²) in [6.45, 7) is 8.26. The van der Waals surface area contributed by atoms with Crippen LogP contribution in [-0.2, 0) is 20.2 Å². The quantitative estimate of drug-likeness (QED) is 0.598. The highest BCUT2D eigenvalue weighted by molar-refractivity contribution is 9.09. The third kappa shape index (κ3) is 3.06. The molecule has 6 unspecified atom stereocenters. The van der Waals surface area contributed by atoms with Gasteiger partial charge in [0.1, 0.15) is 21.8 Å². The minimum atomic E-state index is -2.46. The third-order valence-electron chi connectivity index (χ3n) is 4.35. The lowest BCUT2D eigenvalue weighted by Crippen LogP contribution is -2.59. The maximum Gasteiger partial charge on any atom is 0.145 e. The number of rotatable bonds is 4. The molecule has 2 rings (SSSR count). The van der Waals surface area contributed by atoms with Crippen LogP contribution < -0.4 is 0 Å². The Morgan fingerprint density at radius 3 is 2.45 bits per heavy atom. The summed E-state index contributed by atoms with van der Waals surface area (Å²) >= 11 is 3.41. The van der Waals surface area contributed by atoms with Gasteiger partial charge in [-0.15, -0.1) is 0 Å². The summed E-state index contributed by atoms with van der Waals surface area (Å²) in [5.74, 6) is 0. The van der Waals surface area contributed by atoms with Crippen LogP contribution in [-0.4, -0.2) is 60.5 Å². The summed E-state index contributed by atoms with van der Waals surface area (Å²) in [5.41, 5.74) is -0.0747. The van der Waals surface area contributed by atoms with Crippen molar-refractivity contribution in [3.05, 3.63) is 0 Å². The molecule has 2 saturated heterocycles. The molecule has 0 N–H and O–H groups in total. The average Bonchev–Trinajstić information content (AvgIpc) is 2.83. The molecule has 0 radical (unpaired) electrons. The maximum atomic E-state index is 11.4. The summed E-state index contributed by atoms with van der Waals surface area (Å²) in [5, 5.41) is -0.471. The Balaban J connectivity index is 2.27. The zero-order valence-electron chi connectivity index (χ0n) is 12.6. The van der Waals surface area contributed by atoms with Crippen LogP contribution in [0.1, 0.15) is 34.1 Å². The second-order valence-electron chi connectivity index (χ2n) is 6.64. The number of hydrogen-bond donors (Lipinski definition) is 1. The Kier molecular flexibility index (Phi) is 4.87. The number of thiol groups is 1. The van der Waals surface area contributed by atoms with Gasteiger partial charge in [0, 0.05) is 5.54 Å². The second kappa shape index (κ2) is 5.83. The van der Waals surface area contributed by atoms with Crippen LogP contribution in [0.25, 0.3) is 0 Å². The Hall–Kier alpha value is 0.310. The largest absolute Gasteiger partial charge is 0.369 e. The monoisotopic (exact) mass is 369 g/mol. The predicted octanol–water partition coefficient (Wildman–Crippen LogP) is 1.36. The summed E-state index contributed by atoms with van der Waals surface area (Å²) in [7, 11) is -0.449. The Morgan fingerprint density at radius 2 is 2.00 bits per heavy atom. The minimum Gasteiger partial charge on any atom is -0.369 e. The van der Waals surface area contributed by atoms with E-state index in [0.717, 1.165) is 0 Å². The molecule has 0 aliphatic carbocycles. The van der Waals surface area contributed by atoms with E-state index < -0.39 is 16.0 Å².